The average Bonchev–Trinajstić information content (AvgIpc) is 3.44. The number of rotatable bonds is 7. The molecule has 0 spiro atoms. The van der Waals surface area contributed by atoms with Gasteiger partial charge in [0.05, 0.1) is 30.3 Å². The van der Waals surface area contributed by atoms with Crippen molar-refractivity contribution in [3.8, 4) is 0 Å². The van der Waals surface area contributed by atoms with Crippen LogP contribution >= 0.6 is 0 Å². The van der Waals surface area contributed by atoms with Gasteiger partial charge in [0.25, 0.3) is 5.91 Å². The number of nitrogens with zero attached hydrogens (tertiary/aromatic N) is 3. The number of nitrogens with one attached hydrogen (secondary N) is 1. The number of fused-ring (bicyclic) bond motifs is 1. The molecule has 1 saturated carbocycles. The maximum Gasteiger partial charge on any atom is 0.416 e. The zero-order chi connectivity index (χ0) is 24.5. The molecule has 2 amide bonds. The van der Waals surface area contributed by atoms with Crippen molar-refractivity contribution in [2.24, 2.45) is 5.92 Å². The van der Waals surface area contributed by atoms with Crippen LogP contribution in [0.1, 0.15) is 65.4 Å². The molecule has 1 aliphatic heterocycles. The number of alkyl halides is 3. The Balaban J connectivity index is 1.59. The predicted molar refractivity (Wildman–Crippen MR) is 114 cm³/mol. The van der Waals surface area contributed by atoms with Crippen LogP contribution in [0.5, 0.6) is 0 Å². The van der Waals surface area contributed by atoms with Gasteiger partial charge in [-0.2, -0.15) is 13.2 Å². The van der Waals surface area contributed by atoms with E-state index in [1.165, 1.54) is 29.4 Å². The lowest BCUT2D eigenvalue weighted by atomic mass is 9.96. The molecular weight excluding hydrogens is 453 g/mol. The topological polar surface area (TPSA) is 116 Å². The fourth-order valence-corrected chi connectivity index (χ4v) is 4.69. The lowest BCUT2D eigenvalue weighted by molar-refractivity contribution is -0.138. The lowest BCUT2D eigenvalue weighted by Gasteiger charge is -2.29. The molecule has 1 fully saturated rings. The van der Waals surface area contributed by atoms with E-state index in [1.54, 1.807) is 0 Å². The third-order valence-electron chi connectivity index (χ3n) is 6.45. The summed E-state index contributed by atoms with van der Waals surface area (Å²) in [4.78, 5) is 35.5. The summed E-state index contributed by atoms with van der Waals surface area (Å²) in [5.74, 6) is -0.920. The molecule has 182 valence electrons. The average molecular weight is 478 g/mol. The first-order chi connectivity index (χ1) is 16.2. The van der Waals surface area contributed by atoms with Gasteiger partial charge in [0.1, 0.15) is 12.1 Å². The van der Waals surface area contributed by atoms with Crippen LogP contribution in [0.15, 0.2) is 30.6 Å². The number of aromatic nitrogens is 2. The predicted octanol–water partition coefficient (Wildman–Crippen LogP) is 3.06. The molecular formula is C23H25F3N4O4. The van der Waals surface area contributed by atoms with E-state index in [1.807, 2.05) is 0 Å². The monoisotopic (exact) mass is 478 g/mol. The van der Waals surface area contributed by atoms with Gasteiger partial charge in [-0.1, -0.05) is 31.7 Å². The quantitative estimate of drug-likeness (QED) is 0.564. The Morgan fingerprint density at radius 2 is 1.94 bits per heavy atom. The molecule has 0 saturated heterocycles. The summed E-state index contributed by atoms with van der Waals surface area (Å²) in [5, 5.41) is 21.2. The van der Waals surface area contributed by atoms with Crippen LogP contribution in [0, 0.1) is 5.92 Å². The molecule has 1 aliphatic carbocycles. The molecule has 1 unspecified atom stereocenters. The van der Waals surface area contributed by atoms with Crippen LogP contribution in [-0.2, 0) is 17.5 Å². The second kappa shape index (κ2) is 9.67. The summed E-state index contributed by atoms with van der Waals surface area (Å²) >= 11 is 0. The van der Waals surface area contributed by atoms with Gasteiger partial charge in [-0.3, -0.25) is 14.6 Å². The number of aliphatic hydroxyl groups excluding tert-OH is 2. The number of carbonyl (C=O) groups excluding carboxylic acids is 2. The van der Waals surface area contributed by atoms with Crippen LogP contribution in [0.3, 0.4) is 0 Å². The molecule has 2 atom stereocenters. The molecule has 0 bridgehead atoms. The SMILES string of the molecule is O=C(Nc1cnc([C@H](O)CO)cn1)C(CC1CCCC1)N1Cc2c(cccc2C(F)(F)F)C1=O. The second-order valence-electron chi connectivity index (χ2n) is 8.68. The molecule has 3 N–H and O–H groups in total. The minimum absolute atomic E-state index is 0.0406. The first-order valence-electron chi connectivity index (χ1n) is 11.1. The molecule has 11 heteroatoms. The summed E-state index contributed by atoms with van der Waals surface area (Å²) < 4.78 is 40.6. The molecule has 2 aliphatic rings. The van der Waals surface area contributed by atoms with Crippen LogP contribution in [-0.4, -0.2) is 49.5 Å². The number of anilines is 1. The Morgan fingerprint density at radius 3 is 2.56 bits per heavy atom. The Kier molecular flexibility index (Phi) is 6.85. The van der Waals surface area contributed by atoms with Gasteiger partial charge in [-0.05, 0) is 30.0 Å². The van der Waals surface area contributed by atoms with Crippen LogP contribution in [0.2, 0.25) is 0 Å². The normalized spacial score (nSPS) is 18.1. The van der Waals surface area contributed by atoms with Gasteiger partial charge in [0.15, 0.2) is 5.82 Å². The fourth-order valence-electron chi connectivity index (χ4n) is 4.69. The smallest absolute Gasteiger partial charge is 0.393 e. The highest BCUT2D eigenvalue weighted by molar-refractivity contribution is 6.03. The number of halogens is 3. The summed E-state index contributed by atoms with van der Waals surface area (Å²) in [7, 11) is 0. The van der Waals surface area contributed by atoms with E-state index in [4.69, 9.17) is 5.11 Å². The van der Waals surface area contributed by atoms with Gasteiger partial charge in [0, 0.05) is 12.1 Å². The molecule has 2 aromatic rings. The minimum atomic E-state index is -4.61. The van der Waals surface area contributed by atoms with Crippen molar-refractivity contribution in [2.75, 3.05) is 11.9 Å². The Hall–Kier alpha value is -3.05. The highest BCUT2D eigenvalue weighted by atomic mass is 19.4. The third kappa shape index (κ3) is 4.90. The van der Waals surface area contributed by atoms with Gasteiger partial charge in [-0.25, -0.2) is 4.98 Å². The first kappa shape index (κ1) is 24.1. The van der Waals surface area contributed by atoms with Gasteiger partial charge < -0.3 is 20.4 Å². The Bertz CT molecular complexity index is 1060. The number of benzene rings is 1. The minimum Gasteiger partial charge on any atom is -0.393 e. The van der Waals surface area contributed by atoms with E-state index >= 15 is 0 Å². The zero-order valence-electron chi connectivity index (χ0n) is 18.3. The summed E-state index contributed by atoms with van der Waals surface area (Å²) in [6, 6.07) is 2.52. The van der Waals surface area contributed by atoms with Crippen molar-refractivity contribution in [1.82, 2.24) is 14.9 Å². The van der Waals surface area contributed by atoms with E-state index in [-0.39, 0.29) is 35.1 Å². The first-order valence-corrected chi connectivity index (χ1v) is 11.1. The molecule has 1 aromatic carbocycles. The fraction of sp³-hybridized carbons (Fsp3) is 0.478. The van der Waals surface area contributed by atoms with Crippen molar-refractivity contribution in [3.63, 3.8) is 0 Å². The van der Waals surface area contributed by atoms with E-state index in [0.29, 0.717) is 6.42 Å². The number of hydrogen-bond acceptors (Lipinski definition) is 6. The largest absolute Gasteiger partial charge is 0.416 e. The number of carbonyl (C=O) groups is 2. The highest BCUT2D eigenvalue weighted by Crippen LogP contribution is 2.39. The summed E-state index contributed by atoms with van der Waals surface area (Å²) in [5.41, 5.74) is -0.912. The second-order valence-corrected chi connectivity index (χ2v) is 8.68. The van der Waals surface area contributed by atoms with E-state index in [0.717, 1.165) is 31.7 Å². The Morgan fingerprint density at radius 1 is 1.21 bits per heavy atom. The molecule has 34 heavy (non-hydrogen) atoms. The van der Waals surface area contributed by atoms with Gasteiger partial charge in [0.2, 0.25) is 5.91 Å². The molecule has 8 nitrogen and oxygen atoms in total. The van der Waals surface area contributed by atoms with E-state index in [2.05, 4.69) is 15.3 Å². The maximum atomic E-state index is 13.5. The maximum absolute atomic E-state index is 13.5. The lowest BCUT2D eigenvalue weighted by Crippen LogP contribution is -2.45. The molecule has 1 aromatic heterocycles. The van der Waals surface area contributed by atoms with Crippen molar-refractivity contribution >= 4 is 17.6 Å². The highest BCUT2D eigenvalue weighted by Gasteiger charge is 2.43. The van der Waals surface area contributed by atoms with Crippen LogP contribution in [0.4, 0.5) is 19.0 Å². The third-order valence-corrected chi connectivity index (χ3v) is 6.45. The summed E-state index contributed by atoms with van der Waals surface area (Å²) in [6.45, 7) is -0.844. The van der Waals surface area contributed by atoms with Crippen molar-refractivity contribution < 1.29 is 33.0 Å². The van der Waals surface area contributed by atoms with Crippen LogP contribution < -0.4 is 5.32 Å². The number of hydrogen-bond donors (Lipinski definition) is 3. The van der Waals surface area contributed by atoms with Crippen molar-refractivity contribution in [3.05, 3.63) is 53.0 Å². The van der Waals surface area contributed by atoms with Gasteiger partial charge in [-0.15, -0.1) is 0 Å². The van der Waals surface area contributed by atoms with Crippen LogP contribution in [0.25, 0.3) is 0 Å². The standard InChI is InChI=1S/C23H25F3N4O4/c24-23(25,26)16-7-3-6-14-15(16)11-30(22(14)34)18(8-13-4-1-2-5-13)21(33)29-20-10-27-17(9-28-20)19(32)12-31/h3,6-7,9-10,13,18-19,31-32H,1-2,4-5,8,11-12H2,(H,28,29,33)/t18?,19-/m1/s1. The zero-order valence-corrected chi connectivity index (χ0v) is 18.3. The van der Waals surface area contributed by atoms with Crippen molar-refractivity contribution in [1.29, 1.82) is 0 Å². The Labute approximate surface area is 193 Å². The van der Waals surface area contributed by atoms with E-state index in [9.17, 15) is 27.9 Å². The number of amides is 2. The molecule has 0 radical (unpaired) electrons. The van der Waals surface area contributed by atoms with Crippen molar-refractivity contribution in [2.45, 2.75) is 57.0 Å². The van der Waals surface area contributed by atoms with Gasteiger partial charge >= 0.3 is 6.18 Å². The number of aliphatic hydroxyl groups is 2. The van der Waals surface area contributed by atoms with E-state index < -0.39 is 42.3 Å². The molecule has 4 rings (SSSR count). The summed E-state index contributed by atoms with van der Waals surface area (Å²) in [6.07, 6.45) is 0.715. The molecule has 2 heterocycles.